The lowest BCUT2D eigenvalue weighted by Gasteiger charge is -2.05. The number of hydrogen-bond acceptors (Lipinski definition) is 6. The van der Waals surface area contributed by atoms with Crippen molar-refractivity contribution in [3.05, 3.63) is 70.3 Å². The lowest BCUT2D eigenvalue weighted by Crippen LogP contribution is -2.13. The SMILES string of the molecule is CC(C)c1noc(-c2ccccc2C(=O)Nc2nc(-c3ccccc3Cl)cs2)n1. The third-order valence-corrected chi connectivity index (χ3v) is 5.32. The first-order valence-electron chi connectivity index (χ1n) is 8.97. The molecule has 0 radical (unpaired) electrons. The Morgan fingerprint density at radius 3 is 2.52 bits per heavy atom. The van der Waals surface area contributed by atoms with E-state index in [9.17, 15) is 4.79 Å². The van der Waals surface area contributed by atoms with E-state index in [4.69, 9.17) is 16.1 Å². The molecule has 0 saturated heterocycles. The Kier molecular flexibility index (Phi) is 5.42. The van der Waals surface area contributed by atoms with Gasteiger partial charge in [0.15, 0.2) is 11.0 Å². The van der Waals surface area contributed by atoms with Crippen LogP contribution in [0.15, 0.2) is 58.4 Å². The van der Waals surface area contributed by atoms with E-state index < -0.39 is 0 Å². The Labute approximate surface area is 176 Å². The fourth-order valence-electron chi connectivity index (χ4n) is 2.73. The van der Waals surface area contributed by atoms with Gasteiger partial charge in [0.1, 0.15) is 0 Å². The van der Waals surface area contributed by atoms with Crippen LogP contribution in [0, 0.1) is 0 Å². The van der Waals surface area contributed by atoms with Gasteiger partial charge in [-0.05, 0) is 18.2 Å². The van der Waals surface area contributed by atoms with Crippen molar-refractivity contribution in [2.24, 2.45) is 0 Å². The van der Waals surface area contributed by atoms with Gasteiger partial charge >= 0.3 is 0 Å². The Hall–Kier alpha value is -3.03. The summed E-state index contributed by atoms with van der Waals surface area (Å²) in [6, 6.07) is 14.6. The highest BCUT2D eigenvalue weighted by Crippen LogP contribution is 2.31. The van der Waals surface area contributed by atoms with E-state index in [-0.39, 0.29) is 11.8 Å². The lowest BCUT2D eigenvalue weighted by molar-refractivity contribution is 0.102. The van der Waals surface area contributed by atoms with Crippen molar-refractivity contribution >= 4 is 34.0 Å². The number of nitrogens with zero attached hydrogens (tertiary/aromatic N) is 3. The van der Waals surface area contributed by atoms with Gasteiger partial charge < -0.3 is 4.52 Å². The molecule has 4 rings (SSSR count). The van der Waals surface area contributed by atoms with Crippen LogP contribution < -0.4 is 5.32 Å². The second-order valence-corrected chi connectivity index (χ2v) is 7.90. The maximum atomic E-state index is 12.9. The first kappa shape index (κ1) is 19.3. The van der Waals surface area contributed by atoms with Gasteiger partial charge in [0, 0.05) is 21.9 Å². The molecule has 2 aromatic heterocycles. The van der Waals surface area contributed by atoms with Gasteiger partial charge in [-0.3, -0.25) is 10.1 Å². The molecule has 29 heavy (non-hydrogen) atoms. The number of anilines is 1. The molecule has 0 aliphatic carbocycles. The van der Waals surface area contributed by atoms with Crippen LogP contribution >= 0.6 is 22.9 Å². The molecular weight excluding hydrogens is 408 g/mol. The maximum absolute atomic E-state index is 12.9. The summed E-state index contributed by atoms with van der Waals surface area (Å²) in [6.45, 7) is 3.96. The van der Waals surface area contributed by atoms with Crippen LogP contribution in [0.25, 0.3) is 22.7 Å². The summed E-state index contributed by atoms with van der Waals surface area (Å²) in [5, 5.41) is 9.77. The molecule has 0 saturated carbocycles. The van der Waals surface area contributed by atoms with Crippen molar-refractivity contribution in [2.45, 2.75) is 19.8 Å². The molecule has 0 bridgehead atoms. The molecule has 146 valence electrons. The van der Waals surface area contributed by atoms with Gasteiger partial charge in [-0.25, -0.2) is 4.98 Å². The molecule has 0 spiro atoms. The summed E-state index contributed by atoms with van der Waals surface area (Å²) >= 11 is 7.57. The number of thiazole rings is 1. The fourth-order valence-corrected chi connectivity index (χ4v) is 3.67. The number of carbonyl (C=O) groups excluding carboxylic acids is 1. The molecule has 2 aromatic carbocycles. The first-order chi connectivity index (χ1) is 14.0. The molecule has 0 fully saturated rings. The topological polar surface area (TPSA) is 80.9 Å². The lowest BCUT2D eigenvalue weighted by atomic mass is 10.1. The molecule has 8 heteroatoms. The van der Waals surface area contributed by atoms with Gasteiger partial charge in [0.25, 0.3) is 11.8 Å². The second kappa shape index (κ2) is 8.14. The zero-order valence-electron chi connectivity index (χ0n) is 15.7. The monoisotopic (exact) mass is 424 g/mol. The number of hydrogen-bond donors (Lipinski definition) is 1. The number of halogens is 1. The molecule has 0 aliphatic heterocycles. The van der Waals surface area contributed by atoms with Crippen LogP contribution in [0.5, 0.6) is 0 Å². The largest absolute Gasteiger partial charge is 0.334 e. The van der Waals surface area contributed by atoms with Crippen molar-refractivity contribution < 1.29 is 9.32 Å². The molecule has 0 aliphatic rings. The van der Waals surface area contributed by atoms with Gasteiger partial charge in [0.2, 0.25) is 0 Å². The predicted molar refractivity (Wildman–Crippen MR) is 114 cm³/mol. The molecule has 1 amide bonds. The summed E-state index contributed by atoms with van der Waals surface area (Å²) in [5.74, 6) is 0.742. The van der Waals surface area contributed by atoms with E-state index in [0.29, 0.717) is 38.7 Å². The molecule has 1 N–H and O–H groups in total. The number of aromatic nitrogens is 3. The number of benzene rings is 2. The zero-order valence-corrected chi connectivity index (χ0v) is 17.3. The highest BCUT2D eigenvalue weighted by molar-refractivity contribution is 7.14. The second-order valence-electron chi connectivity index (χ2n) is 6.63. The molecule has 4 aromatic rings. The molecule has 6 nitrogen and oxygen atoms in total. The Morgan fingerprint density at radius 2 is 1.79 bits per heavy atom. The van der Waals surface area contributed by atoms with Crippen molar-refractivity contribution in [2.75, 3.05) is 5.32 Å². The highest BCUT2D eigenvalue weighted by Gasteiger charge is 2.19. The maximum Gasteiger partial charge on any atom is 0.258 e. The van der Waals surface area contributed by atoms with E-state index in [2.05, 4.69) is 20.4 Å². The van der Waals surface area contributed by atoms with Gasteiger partial charge in [-0.2, -0.15) is 4.98 Å². The quantitative estimate of drug-likeness (QED) is 0.432. The predicted octanol–water partition coefficient (Wildman–Crippen LogP) is 5.89. The van der Waals surface area contributed by atoms with Crippen LogP contribution in [0.4, 0.5) is 5.13 Å². The molecule has 2 heterocycles. The number of carbonyl (C=O) groups is 1. The zero-order chi connectivity index (χ0) is 20.4. The van der Waals surface area contributed by atoms with Gasteiger partial charge in [-0.15, -0.1) is 11.3 Å². The minimum Gasteiger partial charge on any atom is -0.334 e. The van der Waals surface area contributed by atoms with Crippen LogP contribution in [0.1, 0.15) is 35.9 Å². The Bertz CT molecular complexity index is 1170. The van der Waals surface area contributed by atoms with Crippen molar-refractivity contribution in [1.29, 1.82) is 0 Å². The van der Waals surface area contributed by atoms with Crippen LogP contribution in [-0.4, -0.2) is 21.0 Å². The Morgan fingerprint density at radius 1 is 1.07 bits per heavy atom. The minimum absolute atomic E-state index is 0.132. The number of rotatable bonds is 5. The third-order valence-electron chi connectivity index (χ3n) is 4.23. The standard InChI is InChI=1S/C21H17ClN4O2S/c1-12(2)18-24-20(28-26-18)14-8-4-3-7-13(14)19(27)25-21-23-17(11-29-21)15-9-5-6-10-16(15)22/h3-12H,1-2H3,(H,23,25,27). The van der Waals surface area contributed by atoms with Crippen LogP contribution in [0.2, 0.25) is 5.02 Å². The van der Waals surface area contributed by atoms with E-state index >= 15 is 0 Å². The molecule has 0 atom stereocenters. The summed E-state index contributed by atoms with van der Waals surface area (Å²) < 4.78 is 5.36. The summed E-state index contributed by atoms with van der Waals surface area (Å²) in [6.07, 6.45) is 0. The van der Waals surface area contributed by atoms with Crippen molar-refractivity contribution in [3.8, 4) is 22.7 Å². The third kappa shape index (κ3) is 4.06. The first-order valence-corrected chi connectivity index (χ1v) is 10.2. The van der Waals surface area contributed by atoms with Gasteiger partial charge in [0.05, 0.1) is 16.8 Å². The summed E-state index contributed by atoms with van der Waals surface area (Å²) in [7, 11) is 0. The minimum atomic E-state index is -0.301. The fraction of sp³-hybridized carbons (Fsp3) is 0.143. The van der Waals surface area contributed by atoms with Crippen molar-refractivity contribution in [3.63, 3.8) is 0 Å². The highest BCUT2D eigenvalue weighted by atomic mass is 35.5. The summed E-state index contributed by atoms with van der Waals surface area (Å²) in [4.78, 5) is 21.8. The van der Waals surface area contributed by atoms with Gasteiger partial charge in [-0.1, -0.05) is 60.9 Å². The number of amides is 1. The Balaban J connectivity index is 1.59. The smallest absolute Gasteiger partial charge is 0.258 e. The summed E-state index contributed by atoms with van der Waals surface area (Å²) in [5.41, 5.74) is 2.54. The molecular formula is C21H17ClN4O2S. The number of nitrogens with one attached hydrogen (secondary N) is 1. The van der Waals surface area contributed by atoms with Crippen molar-refractivity contribution in [1.82, 2.24) is 15.1 Å². The average molecular weight is 425 g/mol. The van der Waals surface area contributed by atoms with E-state index in [0.717, 1.165) is 5.56 Å². The molecule has 0 unspecified atom stereocenters. The normalized spacial score (nSPS) is 11.0. The van der Waals surface area contributed by atoms with E-state index in [1.165, 1.54) is 11.3 Å². The van der Waals surface area contributed by atoms with E-state index in [1.807, 2.05) is 43.5 Å². The average Bonchev–Trinajstić information content (AvgIpc) is 3.38. The van der Waals surface area contributed by atoms with E-state index in [1.54, 1.807) is 24.3 Å². The van der Waals surface area contributed by atoms with Crippen LogP contribution in [-0.2, 0) is 0 Å². The van der Waals surface area contributed by atoms with Crippen LogP contribution in [0.3, 0.4) is 0 Å².